The predicted octanol–water partition coefficient (Wildman–Crippen LogP) is 3.55. The van der Waals surface area contributed by atoms with Crippen LogP contribution >= 0.6 is 0 Å². The highest BCUT2D eigenvalue weighted by Crippen LogP contribution is 2.39. The van der Waals surface area contributed by atoms with E-state index in [2.05, 4.69) is 0 Å². The first-order chi connectivity index (χ1) is 11.0. The Bertz CT molecular complexity index is 675. The van der Waals surface area contributed by atoms with Crippen LogP contribution in [0.3, 0.4) is 0 Å². The SMILES string of the molecule is CC(C)(C)OC(=O)N1CC=C(c2ccc(F)cc2)C(C)(C(=O)O)C1. The highest BCUT2D eigenvalue weighted by atomic mass is 19.1. The lowest BCUT2D eigenvalue weighted by Crippen LogP contribution is -2.49. The molecule has 1 aromatic carbocycles. The van der Waals surface area contributed by atoms with Crippen LogP contribution in [-0.4, -0.2) is 40.8 Å². The van der Waals surface area contributed by atoms with Crippen molar-refractivity contribution in [3.8, 4) is 0 Å². The van der Waals surface area contributed by atoms with Gasteiger partial charge in [0.25, 0.3) is 0 Å². The molecular formula is C18H22FNO4. The lowest BCUT2D eigenvalue weighted by molar-refractivity contribution is -0.145. The molecule has 0 spiro atoms. The maximum Gasteiger partial charge on any atom is 0.410 e. The molecule has 0 saturated carbocycles. The summed E-state index contributed by atoms with van der Waals surface area (Å²) in [6.45, 7) is 7.05. The van der Waals surface area contributed by atoms with Crippen LogP contribution in [0, 0.1) is 11.2 Å². The Hall–Kier alpha value is -2.37. The van der Waals surface area contributed by atoms with Crippen LogP contribution in [0.1, 0.15) is 33.3 Å². The first-order valence-electron chi connectivity index (χ1n) is 7.71. The number of carboxylic acids is 1. The average Bonchev–Trinajstić information content (AvgIpc) is 2.46. The van der Waals surface area contributed by atoms with Crippen LogP contribution in [0.4, 0.5) is 9.18 Å². The van der Waals surface area contributed by atoms with E-state index in [0.717, 1.165) is 0 Å². The Morgan fingerprint density at radius 2 is 1.83 bits per heavy atom. The molecule has 1 aliphatic heterocycles. The first-order valence-corrected chi connectivity index (χ1v) is 7.71. The summed E-state index contributed by atoms with van der Waals surface area (Å²) in [6, 6.07) is 5.67. The first kappa shape index (κ1) is 18.0. The molecule has 1 aromatic rings. The van der Waals surface area contributed by atoms with Crippen LogP contribution in [0.25, 0.3) is 5.57 Å². The fourth-order valence-corrected chi connectivity index (χ4v) is 2.67. The quantitative estimate of drug-likeness (QED) is 0.897. The topological polar surface area (TPSA) is 66.8 Å². The zero-order valence-corrected chi connectivity index (χ0v) is 14.3. The van der Waals surface area contributed by atoms with Crippen molar-refractivity contribution in [1.29, 1.82) is 0 Å². The second-order valence-electron chi connectivity index (χ2n) is 7.12. The summed E-state index contributed by atoms with van der Waals surface area (Å²) in [5.74, 6) is -1.44. The molecule has 1 N–H and O–H groups in total. The van der Waals surface area contributed by atoms with Gasteiger partial charge in [-0.1, -0.05) is 18.2 Å². The monoisotopic (exact) mass is 335 g/mol. The van der Waals surface area contributed by atoms with Crippen molar-refractivity contribution in [1.82, 2.24) is 4.90 Å². The van der Waals surface area contributed by atoms with Gasteiger partial charge in [-0.2, -0.15) is 0 Å². The van der Waals surface area contributed by atoms with E-state index in [9.17, 15) is 19.1 Å². The number of hydrogen-bond donors (Lipinski definition) is 1. The minimum absolute atomic E-state index is 0.0134. The van der Waals surface area contributed by atoms with Gasteiger partial charge < -0.3 is 14.7 Å². The van der Waals surface area contributed by atoms with E-state index < -0.39 is 23.1 Å². The number of ether oxygens (including phenoxy) is 1. The van der Waals surface area contributed by atoms with Gasteiger partial charge in [0.15, 0.2) is 0 Å². The summed E-state index contributed by atoms with van der Waals surface area (Å²) < 4.78 is 18.4. The number of carbonyl (C=O) groups is 2. The maximum absolute atomic E-state index is 13.1. The van der Waals surface area contributed by atoms with Gasteiger partial charge in [-0.25, -0.2) is 9.18 Å². The molecule has 130 valence electrons. The zero-order chi connectivity index (χ0) is 18.1. The van der Waals surface area contributed by atoms with Gasteiger partial charge in [-0.15, -0.1) is 0 Å². The van der Waals surface area contributed by atoms with Crippen molar-refractivity contribution < 1.29 is 23.8 Å². The molecule has 1 heterocycles. The summed E-state index contributed by atoms with van der Waals surface area (Å²) in [6.07, 6.45) is 1.14. The third-order valence-corrected chi connectivity index (χ3v) is 3.90. The van der Waals surface area contributed by atoms with Gasteiger partial charge in [0.2, 0.25) is 0 Å². The maximum atomic E-state index is 13.1. The van der Waals surface area contributed by atoms with E-state index in [1.54, 1.807) is 45.9 Å². The molecule has 0 aliphatic carbocycles. The Kier molecular flexibility index (Phi) is 4.69. The van der Waals surface area contributed by atoms with Gasteiger partial charge in [-0.05, 0) is 51.0 Å². The Balaban J connectivity index is 2.34. The number of amides is 1. The molecule has 0 fully saturated rings. The largest absolute Gasteiger partial charge is 0.481 e. The summed E-state index contributed by atoms with van der Waals surface area (Å²) >= 11 is 0. The highest BCUT2D eigenvalue weighted by molar-refractivity contribution is 5.93. The number of carboxylic acid groups (broad SMARTS) is 1. The number of aliphatic carboxylic acids is 1. The minimum atomic E-state index is -1.30. The smallest absolute Gasteiger partial charge is 0.410 e. The summed E-state index contributed by atoms with van der Waals surface area (Å²) in [4.78, 5) is 25.5. The minimum Gasteiger partial charge on any atom is -0.481 e. The van der Waals surface area contributed by atoms with Gasteiger partial charge >= 0.3 is 12.1 Å². The number of halogens is 1. The number of benzene rings is 1. The fourth-order valence-electron chi connectivity index (χ4n) is 2.67. The molecule has 6 heteroatoms. The van der Waals surface area contributed by atoms with Gasteiger partial charge in [0, 0.05) is 13.1 Å². The molecule has 24 heavy (non-hydrogen) atoms. The fraction of sp³-hybridized carbons (Fsp3) is 0.444. The Morgan fingerprint density at radius 1 is 1.25 bits per heavy atom. The normalized spacial score (nSPS) is 21.2. The van der Waals surface area contributed by atoms with Crippen molar-refractivity contribution in [3.63, 3.8) is 0 Å². The van der Waals surface area contributed by atoms with E-state index in [-0.39, 0.29) is 18.9 Å². The third-order valence-electron chi connectivity index (χ3n) is 3.90. The molecule has 0 radical (unpaired) electrons. The molecule has 0 aromatic heterocycles. The lowest BCUT2D eigenvalue weighted by Gasteiger charge is -2.38. The predicted molar refractivity (Wildman–Crippen MR) is 87.9 cm³/mol. The molecule has 5 nitrogen and oxygen atoms in total. The molecule has 0 bridgehead atoms. The van der Waals surface area contributed by atoms with E-state index in [1.807, 2.05) is 0 Å². The zero-order valence-electron chi connectivity index (χ0n) is 14.3. The second-order valence-corrected chi connectivity index (χ2v) is 7.12. The second kappa shape index (κ2) is 6.26. The molecular weight excluding hydrogens is 313 g/mol. The van der Waals surface area contributed by atoms with Gasteiger partial charge in [-0.3, -0.25) is 4.79 Å². The van der Waals surface area contributed by atoms with Crippen molar-refractivity contribution in [2.75, 3.05) is 13.1 Å². The van der Waals surface area contributed by atoms with E-state index in [0.29, 0.717) is 11.1 Å². The van der Waals surface area contributed by atoms with Crippen LogP contribution < -0.4 is 0 Å². The lowest BCUT2D eigenvalue weighted by atomic mass is 9.76. The van der Waals surface area contributed by atoms with Crippen LogP contribution in [-0.2, 0) is 9.53 Å². The van der Waals surface area contributed by atoms with Crippen molar-refractivity contribution >= 4 is 17.6 Å². The third kappa shape index (κ3) is 3.75. The average molecular weight is 335 g/mol. The summed E-state index contributed by atoms with van der Waals surface area (Å²) in [5, 5.41) is 9.72. The number of nitrogens with zero attached hydrogens (tertiary/aromatic N) is 1. The molecule has 1 unspecified atom stereocenters. The van der Waals surface area contributed by atoms with Crippen molar-refractivity contribution in [3.05, 3.63) is 41.7 Å². The van der Waals surface area contributed by atoms with Crippen LogP contribution in [0.15, 0.2) is 30.3 Å². The number of carbonyl (C=O) groups excluding carboxylic acids is 1. The van der Waals surface area contributed by atoms with Gasteiger partial charge in [0.05, 0.1) is 0 Å². The number of rotatable bonds is 2. The molecule has 1 amide bonds. The van der Waals surface area contributed by atoms with Crippen molar-refractivity contribution in [2.45, 2.75) is 33.3 Å². The van der Waals surface area contributed by atoms with Crippen LogP contribution in [0.5, 0.6) is 0 Å². The summed E-state index contributed by atoms with van der Waals surface area (Å²) in [7, 11) is 0. The molecule has 0 saturated heterocycles. The van der Waals surface area contributed by atoms with E-state index >= 15 is 0 Å². The molecule has 1 atom stereocenters. The standard InChI is InChI=1S/C18H22FNO4/c1-17(2,3)24-16(23)20-10-9-14(18(4,11-20)15(21)22)12-5-7-13(19)8-6-12/h5-9H,10-11H2,1-4H3,(H,21,22). The molecule has 2 rings (SSSR count). The van der Waals surface area contributed by atoms with E-state index in [1.165, 1.54) is 17.0 Å². The Labute approximate surface area is 140 Å². The van der Waals surface area contributed by atoms with Crippen molar-refractivity contribution in [2.24, 2.45) is 5.41 Å². The Morgan fingerprint density at radius 3 is 2.33 bits per heavy atom. The van der Waals surface area contributed by atoms with Crippen LogP contribution in [0.2, 0.25) is 0 Å². The number of hydrogen-bond acceptors (Lipinski definition) is 3. The van der Waals surface area contributed by atoms with Gasteiger partial charge in [0.1, 0.15) is 16.8 Å². The van der Waals surface area contributed by atoms with E-state index in [4.69, 9.17) is 4.74 Å². The summed E-state index contributed by atoms with van der Waals surface area (Å²) in [5.41, 5.74) is -0.759. The highest BCUT2D eigenvalue weighted by Gasteiger charge is 2.43. The molecule has 1 aliphatic rings.